The Labute approximate surface area is 155 Å². The summed E-state index contributed by atoms with van der Waals surface area (Å²) in [6.07, 6.45) is 6.92. The predicted molar refractivity (Wildman–Crippen MR) is 103 cm³/mol. The number of aryl methyl sites for hydroxylation is 2. The zero-order chi connectivity index (χ0) is 18.1. The highest BCUT2D eigenvalue weighted by molar-refractivity contribution is 5.21. The molecule has 1 saturated heterocycles. The van der Waals surface area contributed by atoms with Gasteiger partial charge in [0.05, 0.1) is 0 Å². The Kier molecular flexibility index (Phi) is 4.98. The average Bonchev–Trinajstić information content (AvgIpc) is 3.26. The fraction of sp³-hybridized carbons (Fsp3) is 0.619. The van der Waals surface area contributed by atoms with Crippen molar-refractivity contribution in [3.05, 3.63) is 51.7 Å². The summed E-state index contributed by atoms with van der Waals surface area (Å²) < 4.78 is 3.58. The fourth-order valence-corrected chi connectivity index (χ4v) is 4.58. The second-order valence-electron chi connectivity index (χ2n) is 8.11. The maximum absolute atomic E-state index is 12.6. The molecule has 2 aliphatic rings. The first-order valence-electron chi connectivity index (χ1n) is 10.0. The molecule has 0 unspecified atom stereocenters. The molecule has 2 fully saturated rings. The van der Waals surface area contributed by atoms with Crippen molar-refractivity contribution in [1.29, 1.82) is 0 Å². The third-order valence-corrected chi connectivity index (χ3v) is 6.15. The van der Waals surface area contributed by atoms with E-state index >= 15 is 0 Å². The van der Waals surface area contributed by atoms with Gasteiger partial charge in [-0.15, -0.1) is 0 Å². The van der Waals surface area contributed by atoms with E-state index in [1.807, 2.05) is 4.57 Å². The van der Waals surface area contributed by atoms with Crippen LogP contribution < -0.4 is 5.69 Å². The molecule has 0 atom stereocenters. The molecule has 1 aromatic carbocycles. The number of nitrogens with zero attached hydrogens (tertiary/aromatic N) is 4. The lowest BCUT2D eigenvalue weighted by atomic mass is 9.95. The van der Waals surface area contributed by atoms with E-state index in [4.69, 9.17) is 0 Å². The Morgan fingerprint density at radius 3 is 2.35 bits per heavy atom. The van der Waals surface area contributed by atoms with Crippen LogP contribution in [0.5, 0.6) is 0 Å². The molecule has 2 heterocycles. The van der Waals surface area contributed by atoms with E-state index in [1.54, 1.807) is 11.7 Å². The molecular formula is C21H30N4O. The molecule has 0 amide bonds. The Hall–Kier alpha value is -1.88. The molecule has 26 heavy (non-hydrogen) atoms. The number of hydrogen-bond donors (Lipinski definition) is 0. The largest absolute Gasteiger partial charge is 0.345 e. The molecule has 0 spiro atoms. The molecule has 140 valence electrons. The van der Waals surface area contributed by atoms with Crippen molar-refractivity contribution in [2.24, 2.45) is 7.05 Å². The normalized spacial score (nSPS) is 20.1. The van der Waals surface area contributed by atoms with E-state index in [-0.39, 0.29) is 5.69 Å². The summed E-state index contributed by atoms with van der Waals surface area (Å²) in [4.78, 5) is 15.1. The second kappa shape index (κ2) is 7.39. The van der Waals surface area contributed by atoms with Gasteiger partial charge >= 0.3 is 5.69 Å². The predicted octanol–water partition coefficient (Wildman–Crippen LogP) is 3.38. The fourth-order valence-electron chi connectivity index (χ4n) is 4.58. The summed E-state index contributed by atoms with van der Waals surface area (Å²) in [7, 11) is 1.80. The van der Waals surface area contributed by atoms with Gasteiger partial charge < -0.3 is 0 Å². The maximum atomic E-state index is 12.6. The van der Waals surface area contributed by atoms with Crippen LogP contribution in [0.1, 0.15) is 67.4 Å². The first kappa shape index (κ1) is 17.5. The molecule has 1 aliphatic carbocycles. The van der Waals surface area contributed by atoms with Crippen molar-refractivity contribution in [3.8, 4) is 0 Å². The Morgan fingerprint density at radius 1 is 1.04 bits per heavy atom. The van der Waals surface area contributed by atoms with E-state index in [9.17, 15) is 4.79 Å². The number of aromatic nitrogens is 3. The van der Waals surface area contributed by atoms with Crippen molar-refractivity contribution in [3.63, 3.8) is 0 Å². The smallest absolute Gasteiger partial charge is 0.299 e. The molecule has 0 bridgehead atoms. The van der Waals surface area contributed by atoms with Crippen molar-refractivity contribution in [2.75, 3.05) is 13.1 Å². The van der Waals surface area contributed by atoms with Crippen LogP contribution in [0.4, 0.5) is 0 Å². The van der Waals surface area contributed by atoms with Gasteiger partial charge in [0.1, 0.15) is 5.82 Å². The summed E-state index contributed by atoms with van der Waals surface area (Å²) >= 11 is 0. The number of benzene rings is 1. The van der Waals surface area contributed by atoms with Gasteiger partial charge in [0, 0.05) is 25.6 Å². The van der Waals surface area contributed by atoms with Crippen LogP contribution in [0.25, 0.3) is 0 Å². The van der Waals surface area contributed by atoms with Crippen molar-refractivity contribution in [1.82, 2.24) is 19.2 Å². The van der Waals surface area contributed by atoms with E-state index in [2.05, 4.69) is 41.2 Å². The SMILES string of the molecule is Cc1ccc(CN2CCC(c3nn(C)c(=O)n3C3CCCC3)CC2)cc1. The zero-order valence-electron chi connectivity index (χ0n) is 16.0. The maximum Gasteiger partial charge on any atom is 0.345 e. The standard InChI is InChI=1S/C21H30N4O/c1-16-7-9-17(10-8-16)15-24-13-11-18(12-14-24)20-22-23(2)21(26)25(20)19-5-3-4-6-19/h7-10,18-19H,3-6,11-15H2,1-2H3. The summed E-state index contributed by atoms with van der Waals surface area (Å²) in [6, 6.07) is 9.22. The monoisotopic (exact) mass is 354 g/mol. The van der Waals surface area contributed by atoms with E-state index in [0.29, 0.717) is 12.0 Å². The lowest BCUT2D eigenvalue weighted by Gasteiger charge is -2.32. The molecule has 1 aromatic heterocycles. The minimum atomic E-state index is 0.0778. The van der Waals surface area contributed by atoms with Crippen LogP contribution in [0.3, 0.4) is 0 Å². The highest BCUT2D eigenvalue weighted by atomic mass is 16.2. The Morgan fingerprint density at radius 2 is 1.69 bits per heavy atom. The zero-order valence-corrected chi connectivity index (χ0v) is 16.0. The lowest BCUT2D eigenvalue weighted by Crippen LogP contribution is -2.34. The Bertz CT molecular complexity index is 790. The summed E-state index contributed by atoms with van der Waals surface area (Å²) in [5.41, 5.74) is 2.77. The van der Waals surface area contributed by atoms with Crippen molar-refractivity contribution < 1.29 is 0 Å². The molecule has 0 radical (unpaired) electrons. The van der Waals surface area contributed by atoms with Crippen molar-refractivity contribution in [2.45, 2.75) is 64.0 Å². The lowest BCUT2D eigenvalue weighted by molar-refractivity contribution is 0.198. The van der Waals surface area contributed by atoms with Crippen LogP contribution in [-0.2, 0) is 13.6 Å². The first-order chi connectivity index (χ1) is 12.6. The minimum Gasteiger partial charge on any atom is -0.299 e. The molecule has 0 N–H and O–H groups in total. The number of piperidine rings is 1. The molecule has 5 heteroatoms. The summed E-state index contributed by atoms with van der Waals surface area (Å²) in [5, 5.41) is 4.65. The van der Waals surface area contributed by atoms with Gasteiger partial charge in [-0.1, -0.05) is 42.7 Å². The molecule has 1 saturated carbocycles. The second-order valence-corrected chi connectivity index (χ2v) is 8.11. The molecule has 5 nitrogen and oxygen atoms in total. The van der Waals surface area contributed by atoms with Crippen LogP contribution in [0.2, 0.25) is 0 Å². The van der Waals surface area contributed by atoms with Crippen LogP contribution >= 0.6 is 0 Å². The summed E-state index contributed by atoms with van der Waals surface area (Å²) in [5.74, 6) is 1.46. The van der Waals surface area contributed by atoms with Gasteiger partial charge in [-0.25, -0.2) is 9.48 Å². The Balaban J connectivity index is 1.44. The van der Waals surface area contributed by atoms with E-state index in [1.165, 1.54) is 24.0 Å². The third-order valence-electron chi connectivity index (χ3n) is 6.15. The van der Waals surface area contributed by atoms with Crippen molar-refractivity contribution >= 4 is 0 Å². The van der Waals surface area contributed by atoms with Gasteiger partial charge in [0.25, 0.3) is 0 Å². The molecule has 2 aromatic rings. The number of hydrogen-bond acceptors (Lipinski definition) is 3. The van der Waals surface area contributed by atoms with Gasteiger partial charge in [-0.3, -0.25) is 9.47 Å². The topological polar surface area (TPSA) is 43.1 Å². The van der Waals surface area contributed by atoms with Gasteiger partial charge in [-0.05, 0) is 51.3 Å². The highest BCUT2D eigenvalue weighted by Crippen LogP contribution is 2.33. The van der Waals surface area contributed by atoms with Crippen LogP contribution in [0, 0.1) is 6.92 Å². The average molecular weight is 354 g/mol. The number of likely N-dealkylation sites (tertiary alicyclic amines) is 1. The van der Waals surface area contributed by atoms with Gasteiger partial charge in [0.15, 0.2) is 0 Å². The summed E-state index contributed by atoms with van der Waals surface area (Å²) in [6.45, 7) is 5.30. The molecular weight excluding hydrogens is 324 g/mol. The number of rotatable bonds is 4. The molecule has 1 aliphatic heterocycles. The minimum absolute atomic E-state index is 0.0778. The van der Waals surface area contributed by atoms with Crippen LogP contribution in [-0.4, -0.2) is 32.3 Å². The third kappa shape index (κ3) is 3.50. The van der Waals surface area contributed by atoms with Gasteiger partial charge in [0.2, 0.25) is 0 Å². The van der Waals surface area contributed by atoms with E-state index in [0.717, 1.165) is 51.1 Å². The first-order valence-corrected chi connectivity index (χ1v) is 10.0. The molecule has 4 rings (SSSR count). The van der Waals surface area contributed by atoms with Crippen LogP contribution in [0.15, 0.2) is 29.1 Å². The highest BCUT2D eigenvalue weighted by Gasteiger charge is 2.30. The van der Waals surface area contributed by atoms with Gasteiger partial charge in [-0.2, -0.15) is 5.10 Å². The quantitative estimate of drug-likeness (QED) is 0.845. The van der Waals surface area contributed by atoms with E-state index < -0.39 is 0 Å².